The van der Waals surface area contributed by atoms with Gasteiger partial charge in [-0.25, -0.2) is 9.97 Å². The minimum atomic E-state index is -0.684. The van der Waals surface area contributed by atoms with Gasteiger partial charge in [0.25, 0.3) is 5.91 Å². The first-order valence-corrected chi connectivity index (χ1v) is 11.2. The Kier molecular flexibility index (Phi) is 6.42. The zero-order chi connectivity index (χ0) is 22.7. The van der Waals surface area contributed by atoms with Gasteiger partial charge < -0.3 is 15.7 Å². The van der Waals surface area contributed by atoms with Gasteiger partial charge in [-0.15, -0.1) is 0 Å². The molecule has 1 saturated carbocycles. The summed E-state index contributed by atoms with van der Waals surface area (Å²) in [4.78, 5) is 21.5. The van der Waals surface area contributed by atoms with Crippen LogP contribution in [-0.2, 0) is 0 Å². The van der Waals surface area contributed by atoms with Crippen LogP contribution < -0.4 is 10.6 Å². The average Bonchev–Trinajstić information content (AvgIpc) is 3.51. The molecule has 7 heteroatoms. The van der Waals surface area contributed by atoms with E-state index in [1.807, 2.05) is 41.8 Å². The number of aliphatic hydroxyl groups is 1. The first-order chi connectivity index (χ1) is 15.4. The van der Waals surface area contributed by atoms with E-state index in [2.05, 4.69) is 46.3 Å². The van der Waals surface area contributed by atoms with Crippen molar-refractivity contribution in [1.82, 2.24) is 19.7 Å². The third-order valence-corrected chi connectivity index (χ3v) is 5.28. The van der Waals surface area contributed by atoms with E-state index < -0.39 is 6.10 Å². The average molecular weight is 432 g/mol. The number of carbonyl (C=O) groups excluding carboxylic acids is 1. The largest absolute Gasteiger partial charge is 0.380 e. The molecule has 0 aliphatic heterocycles. The molecule has 1 aromatic carbocycles. The van der Waals surface area contributed by atoms with Gasteiger partial charge >= 0.3 is 0 Å². The van der Waals surface area contributed by atoms with Crippen LogP contribution in [0.4, 0.5) is 5.82 Å². The van der Waals surface area contributed by atoms with E-state index >= 15 is 0 Å². The van der Waals surface area contributed by atoms with Crippen molar-refractivity contribution in [2.45, 2.75) is 52.2 Å². The lowest BCUT2D eigenvalue weighted by Gasteiger charge is -2.11. The molecule has 1 fully saturated rings. The van der Waals surface area contributed by atoms with Crippen LogP contribution >= 0.6 is 0 Å². The van der Waals surface area contributed by atoms with E-state index in [4.69, 9.17) is 0 Å². The molecule has 1 atom stereocenters. The Morgan fingerprint density at radius 1 is 1.28 bits per heavy atom. The third kappa shape index (κ3) is 5.09. The number of rotatable bonds is 7. The molecule has 0 spiro atoms. The predicted molar refractivity (Wildman–Crippen MR) is 125 cm³/mol. The fourth-order valence-electron chi connectivity index (χ4n) is 3.23. The Bertz CT molecular complexity index is 1170. The molecule has 0 radical (unpaired) electrons. The molecule has 32 heavy (non-hydrogen) atoms. The summed E-state index contributed by atoms with van der Waals surface area (Å²) in [5.41, 5.74) is 3.72. The van der Waals surface area contributed by atoms with Crippen LogP contribution in [-0.4, -0.2) is 44.1 Å². The molecular weight excluding hydrogens is 402 g/mol. The molecule has 1 unspecified atom stereocenters. The highest BCUT2D eigenvalue weighted by Crippen LogP contribution is 2.25. The van der Waals surface area contributed by atoms with E-state index in [1.54, 1.807) is 6.20 Å². The smallest absolute Gasteiger partial charge is 0.251 e. The lowest BCUT2D eigenvalue weighted by atomic mass is 10.1. The van der Waals surface area contributed by atoms with Gasteiger partial charge in [0.1, 0.15) is 11.8 Å². The molecular formula is C25H29N5O2. The van der Waals surface area contributed by atoms with Crippen molar-refractivity contribution in [1.29, 1.82) is 0 Å². The van der Waals surface area contributed by atoms with Gasteiger partial charge in [-0.05, 0) is 43.2 Å². The van der Waals surface area contributed by atoms with Crippen molar-refractivity contribution in [3.05, 3.63) is 47.9 Å². The Labute approximate surface area is 188 Å². The second kappa shape index (κ2) is 9.41. The van der Waals surface area contributed by atoms with Gasteiger partial charge in [-0.2, -0.15) is 0 Å². The first kappa shape index (κ1) is 21.8. The Morgan fingerprint density at radius 3 is 2.69 bits per heavy atom. The number of anilines is 1. The number of aromatic nitrogens is 3. The van der Waals surface area contributed by atoms with Crippen LogP contribution in [0.15, 0.2) is 36.7 Å². The standard InChI is InChI=1S/C25H29N5O2/c1-4-21(31)12-11-20-15-30-22(14-27-24(30)23(28-20)26-13-16(2)3)17-5-7-18(8-6-17)25(32)29-19-9-10-19/h5-8,14-16,19,21,31H,4,9-10,13H2,1-3H3,(H,26,28)(H,29,32). The highest BCUT2D eigenvalue weighted by molar-refractivity contribution is 5.95. The normalized spacial score (nSPS) is 14.2. The molecule has 1 amide bonds. The topological polar surface area (TPSA) is 91.5 Å². The first-order valence-electron chi connectivity index (χ1n) is 11.2. The number of amides is 1. The molecule has 4 rings (SSSR count). The fourth-order valence-corrected chi connectivity index (χ4v) is 3.23. The Morgan fingerprint density at radius 2 is 2.03 bits per heavy atom. The van der Waals surface area contributed by atoms with Crippen LogP contribution in [0, 0.1) is 17.8 Å². The van der Waals surface area contributed by atoms with Crippen molar-refractivity contribution in [3.8, 4) is 23.1 Å². The van der Waals surface area contributed by atoms with Gasteiger partial charge in [0.15, 0.2) is 11.5 Å². The SMILES string of the molecule is CCC(O)C#Cc1cn2c(-c3ccc(C(=O)NC4CC4)cc3)cnc2c(NCC(C)C)n1. The number of nitrogens with one attached hydrogen (secondary N) is 2. The molecule has 2 aromatic heterocycles. The van der Waals surface area contributed by atoms with Crippen molar-refractivity contribution in [3.63, 3.8) is 0 Å². The Balaban J connectivity index is 1.70. The van der Waals surface area contributed by atoms with Crippen LogP contribution in [0.2, 0.25) is 0 Å². The summed E-state index contributed by atoms with van der Waals surface area (Å²) >= 11 is 0. The minimum Gasteiger partial charge on any atom is -0.380 e. The van der Waals surface area contributed by atoms with E-state index in [0.717, 1.165) is 30.6 Å². The number of aliphatic hydroxyl groups excluding tert-OH is 1. The highest BCUT2D eigenvalue weighted by Gasteiger charge is 2.23. The van der Waals surface area contributed by atoms with Gasteiger partial charge in [-0.1, -0.05) is 38.8 Å². The van der Waals surface area contributed by atoms with Crippen LogP contribution in [0.25, 0.3) is 16.9 Å². The number of hydrogen-bond donors (Lipinski definition) is 3. The number of nitrogens with zero attached hydrogens (tertiary/aromatic N) is 3. The summed E-state index contributed by atoms with van der Waals surface area (Å²) in [7, 11) is 0. The molecule has 3 aromatic rings. The van der Waals surface area contributed by atoms with E-state index in [-0.39, 0.29) is 5.91 Å². The highest BCUT2D eigenvalue weighted by atomic mass is 16.3. The fraction of sp³-hybridized carbons (Fsp3) is 0.400. The summed E-state index contributed by atoms with van der Waals surface area (Å²) in [5.74, 6) is 6.88. The van der Waals surface area contributed by atoms with Crippen molar-refractivity contribution < 1.29 is 9.90 Å². The third-order valence-electron chi connectivity index (χ3n) is 5.28. The van der Waals surface area contributed by atoms with Crippen LogP contribution in [0.5, 0.6) is 0 Å². The molecule has 166 valence electrons. The van der Waals surface area contributed by atoms with Gasteiger partial charge in [0.2, 0.25) is 0 Å². The van der Waals surface area contributed by atoms with Crippen LogP contribution in [0.1, 0.15) is 56.1 Å². The molecule has 2 heterocycles. The zero-order valence-corrected chi connectivity index (χ0v) is 18.7. The van der Waals surface area contributed by atoms with E-state index in [1.165, 1.54) is 0 Å². The molecule has 1 aliphatic carbocycles. The zero-order valence-electron chi connectivity index (χ0n) is 18.7. The summed E-state index contributed by atoms with van der Waals surface area (Å²) in [6.45, 7) is 6.89. The van der Waals surface area contributed by atoms with Gasteiger partial charge in [-0.3, -0.25) is 9.20 Å². The quantitative estimate of drug-likeness (QED) is 0.498. The molecule has 0 bridgehead atoms. The summed E-state index contributed by atoms with van der Waals surface area (Å²) in [6, 6.07) is 7.86. The number of carbonyl (C=O) groups is 1. The maximum absolute atomic E-state index is 12.3. The molecule has 1 aliphatic rings. The Hall–Kier alpha value is -3.37. The van der Waals surface area contributed by atoms with E-state index in [0.29, 0.717) is 41.1 Å². The van der Waals surface area contributed by atoms with E-state index in [9.17, 15) is 9.90 Å². The van der Waals surface area contributed by atoms with Crippen LogP contribution in [0.3, 0.4) is 0 Å². The van der Waals surface area contributed by atoms with Crippen molar-refractivity contribution in [2.24, 2.45) is 5.92 Å². The monoisotopic (exact) mass is 431 g/mol. The van der Waals surface area contributed by atoms with Crippen molar-refractivity contribution in [2.75, 3.05) is 11.9 Å². The number of hydrogen-bond acceptors (Lipinski definition) is 5. The maximum atomic E-state index is 12.3. The number of benzene rings is 1. The molecule has 7 nitrogen and oxygen atoms in total. The lowest BCUT2D eigenvalue weighted by molar-refractivity contribution is 0.0951. The van der Waals surface area contributed by atoms with Gasteiger partial charge in [0, 0.05) is 29.9 Å². The lowest BCUT2D eigenvalue weighted by Crippen LogP contribution is -2.25. The molecule has 0 saturated heterocycles. The van der Waals surface area contributed by atoms with Gasteiger partial charge in [0.05, 0.1) is 11.9 Å². The van der Waals surface area contributed by atoms with Crippen molar-refractivity contribution >= 4 is 17.4 Å². The maximum Gasteiger partial charge on any atom is 0.251 e. The summed E-state index contributed by atoms with van der Waals surface area (Å²) in [6.07, 6.45) is 5.64. The summed E-state index contributed by atoms with van der Waals surface area (Å²) in [5, 5.41) is 16.2. The second-order valence-corrected chi connectivity index (χ2v) is 8.61. The molecule has 3 N–H and O–H groups in total. The number of imidazole rings is 1. The summed E-state index contributed by atoms with van der Waals surface area (Å²) < 4.78 is 1.96. The predicted octanol–water partition coefficient (Wildman–Crippen LogP) is 3.48. The number of fused-ring (bicyclic) bond motifs is 1. The minimum absolute atomic E-state index is 0.0337. The second-order valence-electron chi connectivity index (χ2n) is 8.61.